The van der Waals surface area contributed by atoms with Crippen molar-refractivity contribution in [2.24, 2.45) is 0 Å². The SMILES string of the molecule is CC1=C(c2nc(-c3ccccc3)no2)C(c2ccsc2)NC(=S)N1. The van der Waals surface area contributed by atoms with Crippen LogP contribution in [0.25, 0.3) is 17.0 Å². The average molecular weight is 354 g/mol. The van der Waals surface area contributed by atoms with Gasteiger partial charge >= 0.3 is 0 Å². The summed E-state index contributed by atoms with van der Waals surface area (Å²) >= 11 is 6.94. The molecular formula is C17H14N4OS2. The van der Waals surface area contributed by atoms with Gasteiger partial charge in [0.15, 0.2) is 5.11 Å². The molecule has 3 heterocycles. The van der Waals surface area contributed by atoms with Crippen LogP contribution in [0.2, 0.25) is 0 Å². The maximum atomic E-state index is 5.55. The quantitative estimate of drug-likeness (QED) is 0.699. The lowest BCUT2D eigenvalue weighted by Gasteiger charge is -2.28. The van der Waals surface area contributed by atoms with E-state index in [1.165, 1.54) is 0 Å². The third-order valence-electron chi connectivity index (χ3n) is 3.83. The highest BCUT2D eigenvalue weighted by molar-refractivity contribution is 7.80. The highest BCUT2D eigenvalue weighted by Gasteiger charge is 2.30. The largest absolute Gasteiger partial charge is 0.351 e. The van der Waals surface area contributed by atoms with Crippen molar-refractivity contribution < 1.29 is 4.52 Å². The van der Waals surface area contributed by atoms with Crippen molar-refractivity contribution in [3.8, 4) is 11.4 Å². The van der Waals surface area contributed by atoms with Crippen molar-refractivity contribution >= 4 is 34.2 Å². The second-order valence-corrected chi connectivity index (χ2v) is 6.60. The van der Waals surface area contributed by atoms with Gasteiger partial charge in [-0.2, -0.15) is 16.3 Å². The lowest BCUT2D eigenvalue weighted by atomic mass is 9.98. The van der Waals surface area contributed by atoms with Crippen LogP contribution in [-0.2, 0) is 0 Å². The molecule has 1 aliphatic heterocycles. The van der Waals surface area contributed by atoms with Crippen LogP contribution in [0.5, 0.6) is 0 Å². The average Bonchev–Trinajstić information content (AvgIpc) is 3.27. The molecular weight excluding hydrogens is 340 g/mol. The summed E-state index contributed by atoms with van der Waals surface area (Å²) in [5, 5.41) is 15.3. The maximum absolute atomic E-state index is 5.55. The number of thiophene rings is 1. The Morgan fingerprint density at radius 1 is 1.21 bits per heavy atom. The second kappa shape index (κ2) is 6.18. The molecule has 0 saturated heterocycles. The van der Waals surface area contributed by atoms with Crippen molar-refractivity contribution in [2.45, 2.75) is 13.0 Å². The summed E-state index contributed by atoms with van der Waals surface area (Å²) in [7, 11) is 0. The van der Waals surface area contributed by atoms with Gasteiger partial charge < -0.3 is 15.2 Å². The summed E-state index contributed by atoms with van der Waals surface area (Å²) in [6.07, 6.45) is 0. The molecule has 0 spiro atoms. The lowest BCUT2D eigenvalue weighted by Crippen LogP contribution is -2.42. The smallest absolute Gasteiger partial charge is 0.258 e. The van der Waals surface area contributed by atoms with E-state index < -0.39 is 0 Å². The third-order valence-corrected chi connectivity index (χ3v) is 4.76. The Kier molecular flexibility index (Phi) is 3.87. The molecule has 0 amide bonds. The first-order valence-corrected chi connectivity index (χ1v) is 8.77. The number of allylic oxidation sites excluding steroid dienone is 1. The molecule has 2 aromatic heterocycles. The number of hydrogen-bond acceptors (Lipinski definition) is 5. The molecule has 120 valence electrons. The standard InChI is InChI=1S/C17H14N4OS2/c1-10-13(14(19-17(23)18-10)12-7-8-24-9-12)16-20-15(21-22-16)11-5-3-2-4-6-11/h2-9,14H,1H3,(H2,18,19,23). The van der Waals surface area contributed by atoms with Crippen molar-refractivity contribution in [1.82, 2.24) is 20.8 Å². The van der Waals surface area contributed by atoms with E-state index >= 15 is 0 Å². The minimum Gasteiger partial charge on any atom is -0.351 e. The van der Waals surface area contributed by atoms with E-state index in [2.05, 4.69) is 32.2 Å². The Hall–Kier alpha value is -2.51. The minimum absolute atomic E-state index is 0.103. The molecule has 24 heavy (non-hydrogen) atoms. The summed E-state index contributed by atoms with van der Waals surface area (Å²) in [4.78, 5) is 4.58. The number of rotatable bonds is 3. The van der Waals surface area contributed by atoms with Crippen molar-refractivity contribution in [2.75, 3.05) is 0 Å². The van der Waals surface area contributed by atoms with Crippen LogP contribution in [0.4, 0.5) is 0 Å². The predicted octanol–water partition coefficient (Wildman–Crippen LogP) is 3.75. The fourth-order valence-electron chi connectivity index (χ4n) is 2.70. The van der Waals surface area contributed by atoms with Gasteiger partial charge in [-0.15, -0.1) is 0 Å². The molecule has 1 aliphatic rings. The number of hydrogen-bond donors (Lipinski definition) is 2. The van der Waals surface area contributed by atoms with Crippen LogP contribution in [0.15, 0.2) is 57.4 Å². The Labute approximate surface area is 148 Å². The summed E-state index contributed by atoms with van der Waals surface area (Å²) in [5.41, 5.74) is 3.87. The van der Waals surface area contributed by atoms with Gasteiger partial charge in [-0.25, -0.2) is 0 Å². The van der Waals surface area contributed by atoms with Crippen LogP contribution >= 0.6 is 23.6 Å². The van der Waals surface area contributed by atoms with Gasteiger partial charge in [0, 0.05) is 11.3 Å². The number of benzene rings is 1. The van der Waals surface area contributed by atoms with Gasteiger partial charge in [0.1, 0.15) is 0 Å². The number of nitrogens with one attached hydrogen (secondary N) is 2. The first kappa shape index (κ1) is 15.0. The Bertz CT molecular complexity index is 900. The number of thiocarbonyl (C=S) groups is 1. The molecule has 0 radical (unpaired) electrons. The van der Waals surface area contributed by atoms with Gasteiger partial charge in [-0.1, -0.05) is 35.5 Å². The zero-order chi connectivity index (χ0) is 16.5. The van der Waals surface area contributed by atoms with Crippen LogP contribution in [0.3, 0.4) is 0 Å². The van der Waals surface area contributed by atoms with Gasteiger partial charge in [-0.05, 0) is 41.5 Å². The Balaban J connectivity index is 1.77. The molecule has 4 rings (SSSR count). The summed E-state index contributed by atoms with van der Waals surface area (Å²) < 4.78 is 5.55. The second-order valence-electron chi connectivity index (χ2n) is 5.42. The molecule has 1 unspecified atom stereocenters. The summed E-state index contributed by atoms with van der Waals surface area (Å²) in [6, 6.07) is 11.7. The van der Waals surface area contributed by atoms with E-state index in [1.54, 1.807) is 11.3 Å². The van der Waals surface area contributed by atoms with E-state index in [0.29, 0.717) is 16.8 Å². The first-order chi connectivity index (χ1) is 11.7. The number of nitrogens with zero attached hydrogens (tertiary/aromatic N) is 2. The van der Waals surface area contributed by atoms with Crippen molar-refractivity contribution in [3.05, 3.63) is 64.3 Å². The molecule has 0 aliphatic carbocycles. The van der Waals surface area contributed by atoms with E-state index in [4.69, 9.17) is 16.7 Å². The highest BCUT2D eigenvalue weighted by Crippen LogP contribution is 2.35. The van der Waals surface area contributed by atoms with Crippen LogP contribution in [0.1, 0.15) is 24.4 Å². The van der Waals surface area contributed by atoms with Crippen molar-refractivity contribution in [1.29, 1.82) is 0 Å². The molecule has 0 fully saturated rings. The zero-order valence-electron chi connectivity index (χ0n) is 12.8. The van der Waals surface area contributed by atoms with Crippen molar-refractivity contribution in [3.63, 3.8) is 0 Å². The molecule has 0 bridgehead atoms. The monoisotopic (exact) mass is 354 g/mol. The van der Waals surface area contributed by atoms with E-state index in [1.807, 2.05) is 42.6 Å². The third kappa shape index (κ3) is 2.72. The minimum atomic E-state index is -0.103. The highest BCUT2D eigenvalue weighted by atomic mass is 32.1. The molecule has 3 aromatic rings. The van der Waals surface area contributed by atoms with Gasteiger partial charge in [0.05, 0.1) is 11.6 Å². The predicted molar refractivity (Wildman–Crippen MR) is 98.3 cm³/mol. The van der Waals surface area contributed by atoms with Gasteiger partial charge in [0.2, 0.25) is 5.82 Å². The Morgan fingerprint density at radius 3 is 2.79 bits per heavy atom. The normalized spacial score (nSPS) is 17.5. The molecule has 2 N–H and O–H groups in total. The lowest BCUT2D eigenvalue weighted by molar-refractivity contribution is 0.403. The van der Waals surface area contributed by atoms with E-state index in [-0.39, 0.29) is 6.04 Å². The zero-order valence-corrected chi connectivity index (χ0v) is 14.4. The van der Waals surface area contributed by atoms with Crippen LogP contribution in [0, 0.1) is 0 Å². The molecule has 1 atom stereocenters. The summed E-state index contributed by atoms with van der Waals surface area (Å²) in [6.45, 7) is 1.97. The van der Waals surface area contributed by atoms with E-state index in [0.717, 1.165) is 22.4 Å². The Morgan fingerprint density at radius 2 is 2.04 bits per heavy atom. The maximum Gasteiger partial charge on any atom is 0.258 e. The van der Waals surface area contributed by atoms with Crippen LogP contribution < -0.4 is 10.6 Å². The topological polar surface area (TPSA) is 63.0 Å². The van der Waals surface area contributed by atoms with Gasteiger partial charge in [-0.3, -0.25) is 0 Å². The molecule has 5 nitrogen and oxygen atoms in total. The van der Waals surface area contributed by atoms with Gasteiger partial charge in [0.25, 0.3) is 5.89 Å². The summed E-state index contributed by atoms with van der Waals surface area (Å²) in [5.74, 6) is 1.06. The molecule has 7 heteroatoms. The molecule has 1 aromatic carbocycles. The van der Waals surface area contributed by atoms with E-state index in [9.17, 15) is 0 Å². The molecule has 0 saturated carbocycles. The van der Waals surface area contributed by atoms with Crippen LogP contribution in [-0.4, -0.2) is 15.3 Å². The first-order valence-electron chi connectivity index (χ1n) is 7.42. The fraction of sp³-hybridized carbons (Fsp3) is 0.118. The fourth-order valence-corrected chi connectivity index (χ4v) is 3.66. The number of aromatic nitrogens is 2.